The summed E-state index contributed by atoms with van der Waals surface area (Å²) in [6.07, 6.45) is 2.78. The first-order valence-electron chi connectivity index (χ1n) is 5.31. The lowest BCUT2D eigenvalue weighted by molar-refractivity contribution is 0.0697. The molecule has 1 atom stereocenters. The lowest BCUT2D eigenvalue weighted by Crippen LogP contribution is -2.16. The zero-order chi connectivity index (χ0) is 12.8. The summed E-state index contributed by atoms with van der Waals surface area (Å²) in [6, 6.07) is 1.51. The smallest absolute Gasteiger partial charge is 0.337 e. The number of nitrogens with one attached hydrogen (secondary N) is 1. The first-order valence-corrected chi connectivity index (χ1v) is 5.68. The van der Waals surface area contributed by atoms with E-state index in [0.29, 0.717) is 12.2 Å². The second-order valence-corrected chi connectivity index (χ2v) is 4.17. The van der Waals surface area contributed by atoms with Crippen molar-refractivity contribution >= 4 is 23.4 Å². The molecule has 0 amide bonds. The van der Waals surface area contributed by atoms with Gasteiger partial charge in [-0.1, -0.05) is 11.6 Å². The van der Waals surface area contributed by atoms with E-state index in [9.17, 15) is 4.79 Å². The van der Waals surface area contributed by atoms with Crippen LogP contribution in [0.2, 0.25) is 5.02 Å². The van der Waals surface area contributed by atoms with Gasteiger partial charge in [-0.15, -0.1) is 0 Å². The average molecular weight is 259 g/mol. The highest BCUT2D eigenvalue weighted by Crippen LogP contribution is 2.18. The molecule has 0 radical (unpaired) electrons. The van der Waals surface area contributed by atoms with Crippen LogP contribution in [0.4, 0.5) is 5.82 Å². The summed E-state index contributed by atoms with van der Waals surface area (Å²) in [6.45, 7) is 2.08. The van der Waals surface area contributed by atoms with Crippen LogP contribution in [0.5, 0.6) is 0 Å². The Kier molecular flexibility index (Phi) is 5.18. The third-order valence-corrected chi connectivity index (χ3v) is 2.58. The van der Waals surface area contributed by atoms with Crippen LogP contribution in [0.25, 0.3) is 0 Å². The number of rotatable bonds is 6. The molecule has 0 aliphatic heterocycles. The van der Waals surface area contributed by atoms with Gasteiger partial charge < -0.3 is 15.5 Å². The minimum atomic E-state index is -1.08. The summed E-state index contributed by atoms with van der Waals surface area (Å²) in [5.41, 5.74) is 0.0264. The maximum atomic E-state index is 10.9. The Morgan fingerprint density at radius 3 is 2.94 bits per heavy atom. The molecule has 0 aliphatic rings. The number of aliphatic hydroxyl groups excluding tert-OH is 1. The molecule has 1 heterocycles. The summed E-state index contributed by atoms with van der Waals surface area (Å²) < 4.78 is 0. The summed E-state index contributed by atoms with van der Waals surface area (Å²) in [5, 5.41) is 20.8. The number of carboxylic acid groups (broad SMARTS) is 1. The molecular formula is C11H15ClN2O3. The van der Waals surface area contributed by atoms with E-state index in [0.717, 1.165) is 6.42 Å². The zero-order valence-corrected chi connectivity index (χ0v) is 10.2. The van der Waals surface area contributed by atoms with E-state index in [1.54, 1.807) is 0 Å². The van der Waals surface area contributed by atoms with Gasteiger partial charge in [0.05, 0.1) is 10.6 Å². The minimum absolute atomic E-state index is 0.0264. The number of carboxylic acids is 1. The first-order chi connectivity index (χ1) is 8.04. The van der Waals surface area contributed by atoms with Crippen molar-refractivity contribution in [1.82, 2.24) is 4.98 Å². The first kappa shape index (κ1) is 13.7. The molecule has 0 saturated heterocycles. The predicted octanol–water partition coefficient (Wildman–Crippen LogP) is 2.01. The number of hydrogen-bond acceptors (Lipinski definition) is 4. The number of halogens is 1. The van der Waals surface area contributed by atoms with Crippen LogP contribution in [-0.2, 0) is 0 Å². The molecule has 17 heavy (non-hydrogen) atoms. The van der Waals surface area contributed by atoms with Crippen LogP contribution < -0.4 is 5.32 Å². The average Bonchev–Trinajstić information content (AvgIpc) is 2.28. The Morgan fingerprint density at radius 1 is 1.65 bits per heavy atom. The molecule has 0 fully saturated rings. The molecule has 94 valence electrons. The Hall–Kier alpha value is -1.33. The lowest BCUT2D eigenvalue weighted by Gasteiger charge is -2.14. The van der Waals surface area contributed by atoms with Gasteiger partial charge in [0, 0.05) is 18.8 Å². The third-order valence-electron chi connectivity index (χ3n) is 2.28. The van der Waals surface area contributed by atoms with Crippen molar-refractivity contribution in [3.63, 3.8) is 0 Å². The molecule has 1 aromatic heterocycles. The van der Waals surface area contributed by atoms with Crippen LogP contribution in [0.3, 0.4) is 0 Å². The fourth-order valence-electron chi connectivity index (χ4n) is 1.40. The van der Waals surface area contributed by atoms with Gasteiger partial charge in [0.2, 0.25) is 0 Å². The Bertz CT molecular complexity index is 398. The van der Waals surface area contributed by atoms with Gasteiger partial charge in [-0.25, -0.2) is 9.78 Å². The van der Waals surface area contributed by atoms with E-state index >= 15 is 0 Å². The van der Waals surface area contributed by atoms with E-state index in [2.05, 4.69) is 10.3 Å². The van der Waals surface area contributed by atoms with Crippen molar-refractivity contribution in [2.45, 2.75) is 25.8 Å². The second kappa shape index (κ2) is 6.42. The van der Waals surface area contributed by atoms with E-state index in [4.69, 9.17) is 21.8 Å². The van der Waals surface area contributed by atoms with E-state index < -0.39 is 5.97 Å². The van der Waals surface area contributed by atoms with Crippen LogP contribution in [0.1, 0.15) is 30.1 Å². The summed E-state index contributed by atoms with van der Waals surface area (Å²) in [7, 11) is 0. The van der Waals surface area contributed by atoms with Crippen LogP contribution >= 0.6 is 11.6 Å². The lowest BCUT2D eigenvalue weighted by atomic mass is 10.2. The molecule has 1 rings (SSSR count). The molecule has 5 nitrogen and oxygen atoms in total. The predicted molar refractivity (Wildman–Crippen MR) is 65.6 cm³/mol. The molecule has 0 saturated carbocycles. The molecule has 0 aliphatic carbocycles. The Balaban J connectivity index is 2.72. The van der Waals surface area contributed by atoms with Gasteiger partial charge in [0.15, 0.2) is 0 Å². The van der Waals surface area contributed by atoms with Gasteiger partial charge in [-0.3, -0.25) is 0 Å². The minimum Gasteiger partial charge on any atom is -0.478 e. The summed E-state index contributed by atoms with van der Waals surface area (Å²) in [5.74, 6) is -0.610. The molecule has 0 bridgehead atoms. The van der Waals surface area contributed by atoms with Crippen molar-refractivity contribution in [2.24, 2.45) is 0 Å². The number of aromatic carboxylic acids is 1. The second-order valence-electron chi connectivity index (χ2n) is 3.77. The largest absolute Gasteiger partial charge is 0.478 e. The number of pyridine rings is 1. The fourth-order valence-corrected chi connectivity index (χ4v) is 1.59. The van der Waals surface area contributed by atoms with Gasteiger partial charge in [-0.2, -0.15) is 0 Å². The molecule has 3 N–H and O–H groups in total. The summed E-state index contributed by atoms with van der Waals surface area (Å²) >= 11 is 5.71. The highest BCUT2D eigenvalue weighted by Gasteiger charge is 2.11. The van der Waals surface area contributed by atoms with Gasteiger partial charge in [0.1, 0.15) is 5.82 Å². The number of hydrogen-bond donors (Lipinski definition) is 3. The topological polar surface area (TPSA) is 82.5 Å². The standard InChI is InChI=1S/C11H15ClN2O3/c1-7(3-2-4-15)14-10-5-8(11(16)17)9(12)6-13-10/h5-7,15H,2-4H2,1H3,(H,13,14)(H,16,17). The van der Waals surface area contributed by atoms with Crippen molar-refractivity contribution in [3.8, 4) is 0 Å². The highest BCUT2D eigenvalue weighted by atomic mass is 35.5. The molecule has 1 unspecified atom stereocenters. The van der Waals surface area contributed by atoms with Gasteiger partial charge in [-0.05, 0) is 25.8 Å². The van der Waals surface area contributed by atoms with Crippen LogP contribution in [0.15, 0.2) is 12.3 Å². The Labute approximate surface area is 104 Å². The SMILES string of the molecule is CC(CCCO)Nc1cc(C(=O)O)c(Cl)cn1. The molecule has 0 spiro atoms. The maximum absolute atomic E-state index is 10.9. The molecule has 6 heteroatoms. The maximum Gasteiger partial charge on any atom is 0.337 e. The van der Waals surface area contributed by atoms with Crippen LogP contribution in [-0.4, -0.2) is 33.8 Å². The number of aliphatic hydroxyl groups is 1. The zero-order valence-electron chi connectivity index (χ0n) is 9.48. The highest BCUT2D eigenvalue weighted by molar-refractivity contribution is 6.33. The monoisotopic (exact) mass is 258 g/mol. The van der Waals surface area contributed by atoms with Crippen molar-refractivity contribution in [1.29, 1.82) is 0 Å². The number of aromatic nitrogens is 1. The normalized spacial score (nSPS) is 12.2. The van der Waals surface area contributed by atoms with Crippen molar-refractivity contribution in [3.05, 3.63) is 22.8 Å². The Morgan fingerprint density at radius 2 is 2.35 bits per heavy atom. The van der Waals surface area contributed by atoms with Gasteiger partial charge in [0.25, 0.3) is 0 Å². The number of anilines is 1. The van der Waals surface area contributed by atoms with E-state index in [1.807, 2.05) is 6.92 Å². The van der Waals surface area contributed by atoms with Crippen molar-refractivity contribution < 1.29 is 15.0 Å². The van der Waals surface area contributed by atoms with Crippen molar-refractivity contribution in [2.75, 3.05) is 11.9 Å². The third kappa shape index (κ3) is 4.20. The number of nitrogens with zero attached hydrogens (tertiary/aromatic N) is 1. The molecular weight excluding hydrogens is 244 g/mol. The van der Waals surface area contributed by atoms with E-state index in [1.165, 1.54) is 12.3 Å². The number of carbonyl (C=O) groups is 1. The molecule has 1 aromatic rings. The fraction of sp³-hybridized carbons (Fsp3) is 0.455. The quantitative estimate of drug-likeness (QED) is 0.727. The van der Waals surface area contributed by atoms with E-state index in [-0.39, 0.29) is 23.2 Å². The van der Waals surface area contributed by atoms with Gasteiger partial charge >= 0.3 is 5.97 Å². The summed E-state index contributed by atoms with van der Waals surface area (Å²) in [4.78, 5) is 14.9. The molecule has 0 aromatic carbocycles. The van der Waals surface area contributed by atoms with Crippen LogP contribution in [0, 0.1) is 0 Å².